The minimum Gasteiger partial charge on any atom is -0.309 e. The van der Waals surface area contributed by atoms with Gasteiger partial charge in [-0.05, 0) is 35.7 Å². The summed E-state index contributed by atoms with van der Waals surface area (Å²) < 4.78 is 38.6. The Morgan fingerprint density at radius 1 is 1.22 bits per heavy atom. The van der Waals surface area contributed by atoms with E-state index in [9.17, 15) is 13.2 Å². The maximum atomic E-state index is 12.9. The zero-order chi connectivity index (χ0) is 13.2. The highest BCUT2D eigenvalue weighted by molar-refractivity contribution is 7.08. The molecule has 96 valence electrons. The van der Waals surface area contributed by atoms with Gasteiger partial charge in [-0.1, -0.05) is 0 Å². The molecule has 0 amide bonds. The molecule has 18 heavy (non-hydrogen) atoms. The lowest BCUT2D eigenvalue weighted by molar-refractivity contribution is -0.138. The highest BCUT2D eigenvalue weighted by Crippen LogP contribution is 2.38. The number of nitrogens with one attached hydrogen (secondary N) is 1. The van der Waals surface area contributed by atoms with Crippen molar-refractivity contribution in [2.24, 2.45) is 0 Å². The van der Waals surface area contributed by atoms with Gasteiger partial charge >= 0.3 is 6.18 Å². The number of hydrogen-bond acceptors (Lipinski definition) is 3. The van der Waals surface area contributed by atoms with Gasteiger partial charge in [0.2, 0.25) is 0 Å². The van der Waals surface area contributed by atoms with Gasteiger partial charge < -0.3 is 5.32 Å². The molecule has 0 saturated heterocycles. The molecule has 2 rings (SSSR count). The fourth-order valence-corrected chi connectivity index (χ4v) is 2.70. The number of alkyl halides is 3. The molecule has 0 saturated carbocycles. The van der Waals surface area contributed by atoms with Crippen LogP contribution in [0.25, 0.3) is 0 Å². The van der Waals surface area contributed by atoms with Crippen LogP contribution in [0.3, 0.4) is 0 Å². The van der Waals surface area contributed by atoms with Crippen LogP contribution < -0.4 is 5.32 Å². The Balaban J connectivity index is 2.44. The quantitative estimate of drug-likeness (QED) is 0.925. The first-order valence-electron chi connectivity index (χ1n) is 5.24. The monoisotopic (exact) mass is 272 g/mol. The number of rotatable bonds is 3. The van der Waals surface area contributed by atoms with Crippen LogP contribution in [0.2, 0.25) is 0 Å². The van der Waals surface area contributed by atoms with Crippen LogP contribution in [0.4, 0.5) is 13.2 Å². The lowest BCUT2D eigenvalue weighted by atomic mass is 9.99. The SMILES string of the molecule is CNC(c1ccncc1)c1cscc1C(F)(F)F. The summed E-state index contributed by atoms with van der Waals surface area (Å²) >= 11 is 1.06. The Hall–Kier alpha value is -1.40. The first-order valence-corrected chi connectivity index (χ1v) is 6.18. The highest BCUT2D eigenvalue weighted by atomic mass is 32.1. The van der Waals surface area contributed by atoms with Crippen LogP contribution >= 0.6 is 11.3 Å². The second-order valence-electron chi connectivity index (χ2n) is 3.74. The summed E-state index contributed by atoms with van der Waals surface area (Å²) in [5.41, 5.74) is 0.432. The molecule has 0 bridgehead atoms. The summed E-state index contributed by atoms with van der Waals surface area (Å²) in [4.78, 5) is 3.87. The maximum absolute atomic E-state index is 12.9. The van der Waals surface area contributed by atoms with Gasteiger partial charge in [0.15, 0.2) is 0 Å². The van der Waals surface area contributed by atoms with E-state index in [1.54, 1.807) is 31.6 Å². The molecule has 2 aromatic rings. The summed E-state index contributed by atoms with van der Waals surface area (Å²) in [5, 5.41) is 5.58. The minimum atomic E-state index is -4.32. The number of nitrogens with zero attached hydrogens (tertiary/aromatic N) is 1. The number of halogens is 3. The molecule has 0 spiro atoms. The molecule has 1 N–H and O–H groups in total. The number of thiophene rings is 1. The standard InChI is InChI=1S/C12H11F3N2S/c1-16-11(8-2-4-17-5-3-8)9-6-18-7-10(9)12(13,14)15/h2-7,11,16H,1H3. The molecule has 0 aromatic carbocycles. The van der Waals surface area contributed by atoms with Crippen molar-refractivity contribution in [3.8, 4) is 0 Å². The molecule has 6 heteroatoms. The third-order valence-corrected chi connectivity index (χ3v) is 3.40. The molecule has 0 radical (unpaired) electrons. The topological polar surface area (TPSA) is 24.9 Å². The molecule has 0 aliphatic heterocycles. The van der Waals surface area contributed by atoms with Gasteiger partial charge in [0.1, 0.15) is 0 Å². The van der Waals surface area contributed by atoms with E-state index >= 15 is 0 Å². The lowest BCUT2D eigenvalue weighted by Gasteiger charge is -2.18. The largest absolute Gasteiger partial charge is 0.417 e. The zero-order valence-corrected chi connectivity index (χ0v) is 10.3. The van der Waals surface area contributed by atoms with Gasteiger partial charge in [-0.3, -0.25) is 4.98 Å². The first-order chi connectivity index (χ1) is 8.54. The van der Waals surface area contributed by atoms with Crippen LogP contribution in [0.1, 0.15) is 22.7 Å². The van der Waals surface area contributed by atoms with Crippen molar-refractivity contribution in [1.29, 1.82) is 0 Å². The molecule has 2 heterocycles. The molecular weight excluding hydrogens is 261 g/mol. The van der Waals surface area contributed by atoms with Crippen molar-refractivity contribution >= 4 is 11.3 Å². The molecular formula is C12H11F3N2S. The third kappa shape index (κ3) is 2.54. The van der Waals surface area contributed by atoms with Gasteiger partial charge in [-0.2, -0.15) is 24.5 Å². The molecule has 1 unspecified atom stereocenters. The van der Waals surface area contributed by atoms with Crippen molar-refractivity contribution in [2.45, 2.75) is 12.2 Å². The van der Waals surface area contributed by atoms with E-state index in [0.717, 1.165) is 22.3 Å². The van der Waals surface area contributed by atoms with Crippen LogP contribution in [-0.2, 0) is 6.18 Å². The van der Waals surface area contributed by atoms with Crippen molar-refractivity contribution in [3.05, 3.63) is 52.0 Å². The van der Waals surface area contributed by atoms with E-state index < -0.39 is 17.8 Å². The molecule has 2 aromatic heterocycles. The summed E-state index contributed by atoms with van der Waals surface area (Å²) in [6.07, 6.45) is -1.18. The Bertz CT molecular complexity index is 508. The minimum absolute atomic E-state index is 0.251. The highest BCUT2D eigenvalue weighted by Gasteiger charge is 2.36. The van der Waals surface area contributed by atoms with Crippen molar-refractivity contribution < 1.29 is 13.2 Å². The second kappa shape index (κ2) is 5.07. The number of aromatic nitrogens is 1. The van der Waals surface area contributed by atoms with Crippen LogP contribution in [0.15, 0.2) is 35.3 Å². The Morgan fingerprint density at radius 3 is 2.44 bits per heavy atom. The predicted molar refractivity (Wildman–Crippen MR) is 64.5 cm³/mol. The first kappa shape index (κ1) is 13.0. The molecule has 2 nitrogen and oxygen atoms in total. The van der Waals surface area contributed by atoms with E-state index in [2.05, 4.69) is 10.3 Å². The molecule has 1 atom stereocenters. The van der Waals surface area contributed by atoms with E-state index in [1.165, 1.54) is 5.38 Å². The van der Waals surface area contributed by atoms with Crippen LogP contribution in [-0.4, -0.2) is 12.0 Å². The fraction of sp³-hybridized carbons (Fsp3) is 0.250. The van der Waals surface area contributed by atoms with Crippen LogP contribution in [0, 0.1) is 0 Å². The normalized spacial score (nSPS) is 13.6. The second-order valence-corrected chi connectivity index (χ2v) is 4.48. The van der Waals surface area contributed by atoms with E-state index in [4.69, 9.17) is 0 Å². The summed E-state index contributed by atoms with van der Waals surface area (Å²) in [5.74, 6) is 0. The average Bonchev–Trinajstić information content (AvgIpc) is 2.80. The van der Waals surface area contributed by atoms with Gasteiger partial charge in [0.05, 0.1) is 11.6 Å². The summed E-state index contributed by atoms with van der Waals surface area (Å²) in [6, 6.07) is 2.94. The van der Waals surface area contributed by atoms with Crippen molar-refractivity contribution in [1.82, 2.24) is 10.3 Å². The van der Waals surface area contributed by atoms with E-state index in [0.29, 0.717) is 0 Å². The number of hydrogen-bond donors (Lipinski definition) is 1. The maximum Gasteiger partial charge on any atom is 0.417 e. The molecule has 0 aliphatic rings. The Morgan fingerprint density at radius 2 is 1.89 bits per heavy atom. The average molecular weight is 272 g/mol. The van der Waals surface area contributed by atoms with Crippen molar-refractivity contribution in [2.75, 3.05) is 7.05 Å². The Kier molecular flexibility index (Phi) is 3.68. The fourth-order valence-electron chi connectivity index (χ4n) is 1.82. The van der Waals surface area contributed by atoms with Gasteiger partial charge in [-0.15, -0.1) is 0 Å². The lowest BCUT2D eigenvalue weighted by Crippen LogP contribution is -2.20. The van der Waals surface area contributed by atoms with Crippen molar-refractivity contribution in [3.63, 3.8) is 0 Å². The van der Waals surface area contributed by atoms with E-state index in [-0.39, 0.29) is 5.56 Å². The molecule has 0 aliphatic carbocycles. The third-order valence-electron chi connectivity index (χ3n) is 2.64. The summed E-state index contributed by atoms with van der Waals surface area (Å²) in [7, 11) is 1.64. The van der Waals surface area contributed by atoms with Crippen LogP contribution in [0.5, 0.6) is 0 Å². The predicted octanol–water partition coefficient (Wildman–Crippen LogP) is 3.47. The molecule has 0 fully saturated rings. The summed E-state index contributed by atoms with van der Waals surface area (Å²) in [6.45, 7) is 0. The van der Waals surface area contributed by atoms with Gasteiger partial charge in [0.25, 0.3) is 0 Å². The van der Waals surface area contributed by atoms with E-state index in [1.807, 2.05) is 0 Å². The smallest absolute Gasteiger partial charge is 0.309 e. The van der Waals surface area contributed by atoms with Gasteiger partial charge in [0, 0.05) is 17.8 Å². The number of pyridine rings is 1. The zero-order valence-electron chi connectivity index (χ0n) is 9.53. The van der Waals surface area contributed by atoms with Gasteiger partial charge in [-0.25, -0.2) is 0 Å². The Labute approximate surface area is 106 Å².